The van der Waals surface area contributed by atoms with Crippen LogP contribution in [0, 0.1) is 5.92 Å². The molecule has 13 nitrogen and oxygen atoms in total. The quantitative estimate of drug-likeness (QED) is 0.344. The average molecular weight is 720 g/mol. The summed E-state index contributed by atoms with van der Waals surface area (Å²) in [5.74, 6) is -1.71. The minimum absolute atomic E-state index is 0.0154. The van der Waals surface area contributed by atoms with Gasteiger partial charge in [-0.2, -0.15) is 5.10 Å². The average Bonchev–Trinajstić information content (AvgIpc) is 3.33. The number of amides is 3. The number of ether oxygens (including phenoxy) is 2. The third-order valence-electron chi connectivity index (χ3n) is 9.30. The summed E-state index contributed by atoms with van der Waals surface area (Å²) in [6, 6.07) is -2.61. The molecule has 3 amide bonds. The van der Waals surface area contributed by atoms with Crippen LogP contribution in [0.15, 0.2) is 27.6 Å². The first kappa shape index (κ1) is 34.9. The normalized spacial score (nSPS) is 29.1. The lowest BCUT2D eigenvalue weighted by molar-refractivity contribution is -0.150. The van der Waals surface area contributed by atoms with Gasteiger partial charge < -0.3 is 29.9 Å². The van der Waals surface area contributed by atoms with Crippen LogP contribution in [-0.2, 0) is 23.9 Å². The Balaban J connectivity index is 1.48. The zero-order valence-corrected chi connectivity index (χ0v) is 29.3. The lowest BCUT2D eigenvalue weighted by Gasteiger charge is -2.30. The fourth-order valence-electron chi connectivity index (χ4n) is 6.83. The highest BCUT2D eigenvalue weighted by Crippen LogP contribution is 2.46. The highest BCUT2D eigenvalue weighted by molar-refractivity contribution is 9.10. The first-order chi connectivity index (χ1) is 22.3. The van der Waals surface area contributed by atoms with Gasteiger partial charge in [-0.05, 0) is 82.1 Å². The molecular weight excluding hydrogens is 672 g/mol. The summed E-state index contributed by atoms with van der Waals surface area (Å²) in [4.78, 5) is 71.7. The molecule has 47 heavy (non-hydrogen) atoms. The molecule has 1 aromatic rings. The van der Waals surface area contributed by atoms with E-state index in [1.807, 2.05) is 12.2 Å². The molecule has 1 saturated carbocycles. The van der Waals surface area contributed by atoms with Crippen LogP contribution in [-0.4, -0.2) is 88.0 Å². The van der Waals surface area contributed by atoms with Gasteiger partial charge >= 0.3 is 12.1 Å². The maximum Gasteiger partial charge on any atom is 0.408 e. The Hall–Kier alpha value is -3.42. The number of allylic oxidation sites excluding steroid dienone is 1. The summed E-state index contributed by atoms with van der Waals surface area (Å²) in [6.45, 7) is 8.79. The SMILES string of the molecule is CCOC(=O)[C@@]12CC1/C=C\CCCCC[C@H](NC(=O)OC(C)(C)C)C(=O)N1C[C@H](n3ncc(N4CCCC4)c(Br)c3=O)C[C@H]1C(=O)N2. The van der Waals surface area contributed by atoms with E-state index >= 15 is 0 Å². The van der Waals surface area contributed by atoms with Crippen LogP contribution < -0.4 is 21.1 Å². The molecule has 2 N–H and O–H groups in total. The molecule has 4 heterocycles. The molecule has 2 saturated heterocycles. The van der Waals surface area contributed by atoms with Gasteiger partial charge in [-0.1, -0.05) is 25.0 Å². The van der Waals surface area contributed by atoms with Crippen molar-refractivity contribution in [1.82, 2.24) is 25.3 Å². The number of hydrogen-bond donors (Lipinski definition) is 2. The van der Waals surface area contributed by atoms with Gasteiger partial charge in [-0.3, -0.25) is 14.4 Å². The molecule has 1 unspecified atom stereocenters. The van der Waals surface area contributed by atoms with Crippen LogP contribution in [0.5, 0.6) is 0 Å². The van der Waals surface area contributed by atoms with Gasteiger partial charge in [0.25, 0.3) is 5.56 Å². The number of hydrogen-bond acceptors (Lipinski definition) is 9. The molecule has 1 aliphatic carbocycles. The maximum absolute atomic E-state index is 14.3. The standard InChI is InChI=1S/C33H47BrN6O7/c1-5-46-30(44)33-18-21(33)13-9-7-6-8-10-14-23(36-31(45)47-32(2,3)4)28(42)39-20-22(17-24(39)27(41)37-33)40-29(43)26(34)25(19-35-40)38-15-11-12-16-38/h9,13,19,21-24H,5-8,10-12,14-18,20H2,1-4H3,(H,36,45)(H,37,41)/b13-9-/t21?,22-,23+,24+,33-/m1/s1. The van der Waals surface area contributed by atoms with Crippen molar-refractivity contribution in [2.24, 2.45) is 5.92 Å². The third kappa shape index (κ3) is 7.84. The van der Waals surface area contributed by atoms with Crippen molar-refractivity contribution in [1.29, 1.82) is 0 Å². The van der Waals surface area contributed by atoms with E-state index < -0.39 is 53.1 Å². The Labute approximate surface area is 283 Å². The fraction of sp³-hybridized carbons (Fsp3) is 0.697. The van der Waals surface area contributed by atoms with Gasteiger partial charge in [0, 0.05) is 32.0 Å². The highest BCUT2D eigenvalue weighted by Gasteiger charge is 2.62. The molecule has 0 spiro atoms. The van der Waals surface area contributed by atoms with E-state index in [0.29, 0.717) is 23.7 Å². The van der Waals surface area contributed by atoms with Crippen LogP contribution in [0.3, 0.4) is 0 Å². The van der Waals surface area contributed by atoms with Crippen LogP contribution in [0.1, 0.15) is 91.5 Å². The minimum Gasteiger partial charge on any atom is -0.464 e. The number of alkyl carbamates (subject to hydrolysis) is 1. The van der Waals surface area contributed by atoms with Gasteiger partial charge in [-0.25, -0.2) is 14.3 Å². The molecule has 4 aliphatic rings. The van der Waals surface area contributed by atoms with E-state index in [4.69, 9.17) is 9.47 Å². The Morgan fingerprint density at radius 1 is 1.13 bits per heavy atom. The Bertz CT molecular complexity index is 1450. The van der Waals surface area contributed by atoms with E-state index in [0.717, 1.165) is 50.9 Å². The van der Waals surface area contributed by atoms with Crippen molar-refractivity contribution in [3.05, 3.63) is 33.2 Å². The molecule has 5 atom stereocenters. The molecular formula is C33H47BrN6O7. The number of halogens is 1. The predicted octanol–water partition coefficient (Wildman–Crippen LogP) is 3.60. The second-order valence-electron chi connectivity index (χ2n) is 13.9. The fourth-order valence-corrected chi connectivity index (χ4v) is 7.36. The molecule has 5 rings (SSSR count). The van der Waals surface area contributed by atoms with Gasteiger partial charge in [0.2, 0.25) is 11.8 Å². The summed E-state index contributed by atoms with van der Waals surface area (Å²) in [5, 5.41) is 10.2. The number of fused-ring (bicyclic) bond motifs is 2. The molecule has 0 aromatic carbocycles. The third-order valence-corrected chi connectivity index (χ3v) is 10.0. The number of carbonyl (C=O) groups is 4. The van der Waals surface area contributed by atoms with Crippen LogP contribution in [0.4, 0.5) is 10.5 Å². The summed E-state index contributed by atoms with van der Waals surface area (Å²) in [7, 11) is 0. The number of rotatable bonds is 5. The smallest absolute Gasteiger partial charge is 0.408 e. The number of nitrogens with one attached hydrogen (secondary N) is 2. The molecule has 14 heteroatoms. The van der Waals surface area contributed by atoms with Crippen molar-refractivity contribution >= 4 is 45.5 Å². The molecule has 3 fully saturated rings. The minimum atomic E-state index is -1.22. The topological polar surface area (TPSA) is 152 Å². The lowest BCUT2D eigenvalue weighted by Crippen LogP contribution is -2.56. The molecule has 0 bridgehead atoms. The summed E-state index contributed by atoms with van der Waals surface area (Å²) in [5.41, 5.74) is -1.63. The van der Waals surface area contributed by atoms with Crippen LogP contribution in [0.25, 0.3) is 0 Å². The van der Waals surface area contributed by atoms with Crippen molar-refractivity contribution < 1.29 is 28.7 Å². The molecule has 1 aromatic heterocycles. The number of esters is 1. The number of nitrogens with zero attached hydrogens (tertiary/aromatic N) is 4. The van der Waals surface area contributed by atoms with E-state index in [1.165, 1.54) is 9.58 Å². The lowest BCUT2D eigenvalue weighted by atomic mass is 10.0. The number of carbonyl (C=O) groups excluding carboxylic acids is 4. The van der Waals surface area contributed by atoms with Crippen molar-refractivity contribution in [2.75, 3.05) is 31.1 Å². The van der Waals surface area contributed by atoms with E-state index in [-0.39, 0.29) is 31.0 Å². The van der Waals surface area contributed by atoms with Crippen molar-refractivity contribution in [3.8, 4) is 0 Å². The Kier molecular flexibility index (Phi) is 10.7. The van der Waals surface area contributed by atoms with E-state index in [1.54, 1.807) is 33.9 Å². The Morgan fingerprint density at radius 3 is 2.57 bits per heavy atom. The van der Waals surface area contributed by atoms with Crippen LogP contribution in [0.2, 0.25) is 0 Å². The number of anilines is 1. The van der Waals surface area contributed by atoms with Gasteiger partial charge in [0.15, 0.2) is 0 Å². The zero-order chi connectivity index (χ0) is 33.9. The van der Waals surface area contributed by atoms with Gasteiger partial charge in [0.05, 0.1) is 24.5 Å². The van der Waals surface area contributed by atoms with E-state index in [2.05, 4.69) is 36.6 Å². The molecule has 0 radical (unpaired) electrons. The first-order valence-corrected chi connectivity index (χ1v) is 17.6. The second-order valence-corrected chi connectivity index (χ2v) is 14.7. The molecule has 3 aliphatic heterocycles. The summed E-state index contributed by atoms with van der Waals surface area (Å²) in [6.07, 6.45) is 11.0. The van der Waals surface area contributed by atoms with E-state index in [9.17, 15) is 24.0 Å². The highest BCUT2D eigenvalue weighted by atomic mass is 79.9. The van der Waals surface area contributed by atoms with Crippen molar-refractivity contribution in [2.45, 2.75) is 115 Å². The summed E-state index contributed by atoms with van der Waals surface area (Å²) >= 11 is 3.49. The monoisotopic (exact) mass is 718 g/mol. The second kappa shape index (κ2) is 14.4. The largest absolute Gasteiger partial charge is 0.464 e. The van der Waals surface area contributed by atoms with Gasteiger partial charge in [-0.15, -0.1) is 0 Å². The Morgan fingerprint density at radius 2 is 1.87 bits per heavy atom. The van der Waals surface area contributed by atoms with Gasteiger partial charge in [0.1, 0.15) is 27.7 Å². The summed E-state index contributed by atoms with van der Waals surface area (Å²) < 4.78 is 12.6. The maximum atomic E-state index is 14.3. The first-order valence-electron chi connectivity index (χ1n) is 16.8. The zero-order valence-electron chi connectivity index (χ0n) is 27.8. The number of aromatic nitrogens is 2. The van der Waals surface area contributed by atoms with Crippen molar-refractivity contribution in [3.63, 3.8) is 0 Å². The predicted molar refractivity (Wildman–Crippen MR) is 178 cm³/mol. The molecule has 258 valence electrons. The van der Waals surface area contributed by atoms with Crippen LogP contribution >= 0.6 is 15.9 Å².